The molecule has 6 nitrogen and oxygen atoms in total. The van der Waals surface area contributed by atoms with Gasteiger partial charge in [0.2, 0.25) is 0 Å². The van der Waals surface area contributed by atoms with E-state index in [4.69, 9.17) is 16.6 Å². The van der Waals surface area contributed by atoms with Crippen molar-refractivity contribution < 1.29 is 9.90 Å². The lowest BCUT2D eigenvalue weighted by molar-refractivity contribution is 0.0989. The van der Waals surface area contributed by atoms with E-state index in [1.807, 2.05) is 49.6 Å². The van der Waals surface area contributed by atoms with Crippen LogP contribution in [0, 0.1) is 18.3 Å². The fourth-order valence-corrected chi connectivity index (χ4v) is 4.90. The predicted molar refractivity (Wildman–Crippen MR) is 136 cm³/mol. The van der Waals surface area contributed by atoms with Gasteiger partial charge in [-0.25, -0.2) is 4.98 Å². The molecule has 0 bridgehead atoms. The van der Waals surface area contributed by atoms with Crippen LogP contribution in [0.4, 0.5) is 5.69 Å². The molecule has 0 saturated carbocycles. The Morgan fingerprint density at radius 3 is 2.46 bits per heavy atom. The molecule has 0 fully saturated rings. The van der Waals surface area contributed by atoms with Crippen LogP contribution in [0.2, 0.25) is 5.02 Å². The molecule has 174 valence electrons. The van der Waals surface area contributed by atoms with Gasteiger partial charge in [-0.05, 0) is 68.3 Å². The summed E-state index contributed by atoms with van der Waals surface area (Å²) in [6.45, 7) is 5.99. The molecule has 0 radical (unpaired) electrons. The number of halogens is 1. The Hall–Kier alpha value is -4.08. The van der Waals surface area contributed by atoms with Gasteiger partial charge in [-0.2, -0.15) is 5.26 Å². The molecule has 1 atom stereocenters. The van der Waals surface area contributed by atoms with Gasteiger partial charge >= 0.3 is 0 Å². The number of anilines is 1. The van der Waals surface area contributed by atoms with Gasteiger partial charge in [-0.1, -0.05) is 41.9 Å². The number of benzene rings is 3. The van der Waals surface area contributed by atoms with Crippen molar-refractivity contribution in [1.82, 2.24) is 9.55 Å². The molecule has 1 aromatic heterocycles. The zero-order valence-electron chi connectivity index (χ0n) is 19.5. The third kappa shape index (κ3) is 3.65. The number of rotatable bonds is 4. The number of aromatic nitrogens is 2. The lowest BCUT2D eigenvalue weighted by Gasteiger charge is -2.29. The molecule has 1 amide bonds. The number of phenols is 1. The first-order valence-electron chi connectivity index (χ1n) is 11.3. The summed E-state index contributed by atoms with van der Waals surface area (Å²) in [5.41, 5.74) is 4.64. The van der Waals surface area contributed by atoms with E-state index < -0.39 is 6.04 Å². The molecule has 5 rings (SSSR count). The van der Waals surface area contributed by atoms with Gasteiger partial charge in [-0.3, -0.25) is 9.69 Å². The predicted octanol–water partition coefficient (Wildman–Crippen LogP) is 6.42. The topological polar surface area (TPSA) is 82.2 Å². The summed E-state index contributed by atoms with van der Waals surface area (Å²) in [6, 6.07) is 21.3. The van der Waals surface area contributed by atoms with Gasteiger partial charge in [-0.15, -0.1) is 0 Å². The van der Waals surface area contributed by atoms with E-state index in [2.05, 4.69) is 6.07 Å². The largest absolute Gasteiger partial charge is 0.507 e. The van der Waals surface area contributed by atoms with Crippen LogP contribution in [0.15, 0.2) is 66.7 Å². The molecule has 0 saturated heterocycles. The Bertz CT molecular complexity index is 1500. The molecular weight excluding hydrogens is 460 g/mol. The van der Waals surface area contributed by atoms with Crippen LogP contribution in [0.5, 0.6) is 5.75 Å². The first-order chi connectivity index (χ1) is 16.8. The van der Waals surface area contributed by atoms with Crippen molar-refractivity contribution in [3.8, 4) is 23.2 Å². The number of phenolic OH excluding ortho intramolecular Hbond substituents is 1. The van der Waals surface area contributed by atoms with Gasteiger partial charge in [0.05, 0.1) is 22.9 Å². The molecule has 35 heavy (non-hydrogen) atoms. The molecule has 0 aliphatic carbocycles. The number of aryl methyl sites for hydroxylation is 1. The maximum absolute atomic E-state index is 14.0. The second kappa shape index (κ2) is 8.61. The zero-order chi connectivity index (χ0) is 24.9. The molecule has 2 heterocycles. The minimum Gasteiger partial charge on any atom is -0.507 e. The Labute approximate surface area is 208 Å². The van der Waals surface area contributed by atoms with E-state index in [9.17, 15) is 15.2 Å². The van der Waals surface area contributed by atoms with E-state index in [0.29, 0.717) is 33.4 Å². The molecule has 0 spiro atoms. The van der Waals surface area contributed by atoms with Crippen LogP contribution in [0.1, 0.15) is 58.8 Å². The monoisotopic (exact) mass is 482 g/mol. The summed E-state index contributed by atoms with van der Waals surface area (Å²) in [5, 5.41) is 20.4. The molecule has 1 unspecified atom stereocenters. The average molecular weight is 483 g/mol. The second-order valence-corrected chi connectivity index (χ2v) is 9.33. The summed E-state index contributed by atoms with van der Waals surface area (Å²) in [6.07, 6.45) is 0. The molecule has 4 aromatic rings. The molecule has 1 aliphatic rings. The maximum Gasteiger partial charge on any atom is 0.279 e. The summed E-state index contributed by atoms with van der Waals surface area (Å²) in [7, 11) is 0. The van der Waals surface area contributed by atoms with Gasteiger partial charge in [0, 0.05) is 16.8 Å². The van der Waals surface area contributed by atoms with Crippen molar-refractivity contribution in [2.75, 3.05) is 4.90 Å². The molecular formula is C28H23ClN4O2. The maximum atomic E-state index is 14.0. The van der Waals surface area contributed by atoms with Gasteiger partial charge in [0.1, 0.15) is 17.6 Å². The highest BCUT2D eigenvalue weighted by molar-refractivity contribution is 6.31. The number of para-hydroxylation sites is 1. The van der Waals surface area contributed by atoms with Crippen LogP contribution >= 0.6 is 11.6 Å². The molecule has 1 N–H and O–H groups in total. The fourth-order valence-electron chi connectivity index (χ4n) is 4.73. The highest BCUT2D eigenvalue weighted by Crippen LogP contribution is 2.46. The SMILES string of the molecule is Cc1ccc(Cl)cc1N1C(=O)c2nc(-c3ccccc3O)n(C(C)C)c2C1c1ccc(C#N)cc1. The first kappa shape index (κ1) is 22.7. The summed E-state index contributed by atoms with van der Waals surface area (Å²) in [5.74, 6) is 0.399. The van der Waals surface area contributed by atoms with Crippen LogP contribution in [0.3, 0.4) is 0 Å². The van der Waals surface area contributed by atoms with E-state index in [-0.39, 0.29) is 17.7 Å². The number of aromatic hydroxyl groups is 1. The second-order valence-electron chi connectivity index (χ2n) is 8.89. The summed E-state index contributed by atoms with van der Waals surface area (Å²) < 4.78 is 2.02. The third-order valence-corrected chi connectivity index (χ3v) is 6.57. The Morgan fingerprint density at radius 1 is 1.09 bits per heavy atom. The van der Waals surface area contributed by atoms with Crippen molar-refractivity contribution in [2.45, 2.75) is 32.9 Å². The van der Waals surface area contributed by atoms with Gasteiger partial charge in [0.15, 0.2) is 5.69 Å². The summed E-state index contributed by atoms with van der Waals surface area (Å²) >= 11 is 6.34. The number of hydrogen-bond acceptors (Lipinski definition) is 4. The van der Waals surface area contributed by atoms with Crippen molar-refractivity contribution in [3.63, 3.8) is 0 Å². The lowest BCUT2D eigenvalue weighted by atomic mass is 10.0. The summed E-state index contributed by atoms with van der Waals surface area (Å²) in [4.78, 5) is 20.5. The molecule has 1 aliphatic heterocycles. The number of nitrogens with zero attached hydrogens (tertiary/aromatic N) is 4. The van der Waals surface area contributed by atoms with Crippen LogP contribution in [-0.4, -0.2) is 20.6 Å². The van der Waals surface area contributed by atoms with Gasteiger partial charge in [0.25, 0.3) is 5.91 Å². The number of carbonyl (C=O) groups is 1. The van der Waals surface area contributed by atoms with Crippen LogP contribution in [0.25, 0.3) is 11.4 Å². The third-order valence-electron chi connectivity index (χ3n) is 6.33. The highest BCUT2D eigenvalue weighted by atomic mass is 35.5. The standard InChI is InChI=1S/C28H23ClN4O2/c1-16(2)32-26-24(31-27(32)21-6-4-5-7-23(21)34)28(35)33(22-14-20(29)13-8-17(22)3)25(26)19-11-9-18(15-30)10-12-19/h4-14,16,25,34H,1-3H3. The highest BCUT2D eigenvalue weighted by Gasteiger charge is 2.45. The number of hydrogen-bond donors (Lipinski definition) is 1. The van der Waals surface area contributed by atoms with Crippen molar-refractivity contribution in [2.24, 2.45) is 0 Å². The van der Waals surface area contributed by atoms with Gasteiger partial charge < -0.3 is 9.67 Å². The first-order valence-corrected chi connectivity index (χ1v) is 11.7. The Morgan fingerprint density at radius 2 is 1.80 bits per heavy atom. The van der Waals surface area contributed by atoms with E-state index in [1.54, 1.807) is 47.4 Å². The Kier molecular flexibility index (Phi) is 5.58. The van der Waals surface area contributed by atoms with Crippen molar-refractivity contribution in [1.29, 1.82) is 5.26 Å². The van der Waals surface area contributed by atoms with E-state index in [1.165, 1.54) is 0 Å². The number of carbonyl (C=O) groups excluding carboxylic acids is 1. The minimum atomic E-state index is -0.489. The zero-order valence-corrected chi connectivity index (χ0v) is 20.3. The van der Waals surface area contributed by atoms with E-state index >= 15 is 0 Å². The quantitative estimate of drug-likeness (QED) is 0.364. The van der Waals surface area contributed by atoms with E-state index in [0.717, 1.165) is 16.8 Å². The number of nitriles is 1. The van der Waals surface area contributed by atoms with Crippen LogP contribution in [-0.2, 0) is 0 Å². The van der Waals surface area contributed by atoms with Crippen LogP contribution < -0.4 is 4.90 Å². The normalized spacial score (nSPS) is 14.9. The van der Waals surface area contributed by atoms with Crippen molar-refractivity contribution >= 4 is 23.2 Å². The smallest absolute Gasteiger partial charge is 0.279 e. The number of imidazole rings is 1. The Balaban J connectivity index is 1.80. The van der Waals surface area contributed by atoms with Crippen molar-refractivity contribution in [3.05, 3.63) is 99.8 Å². The average Bonchev–Trinajstić information content (AvgIpc) is 3.36. The lowest BCUT2D eigenvalue weighted by Crippen LogP contribution is -2.31. The number of fused-ring (bicyclic) bond motifs is 1. The molecule has 3 aromatic carbocycles. The minimum absolute atomic E-state index is 0.0463. The fraction of sp³-hybridized carbons (Fsp3) is 0.179. The number of amides is 1. The molecule has 7 heteroatoms.